The van der Waals surface area contributed by atoms with Gasteiger partial charge in [0, 0.05) is 11.6 Å². The Balaban J connectivity index is 2.72. The number of para-hydroxylation sites is 1. The van der Waals surface area contributed by atoms with Crippen molar-refractivity contribution in [2.45, 2.75) is 0 Å². The molecule has 0 bridgehead atoms. The number of rotatable bonds is 1. The van der Waals surface area contributed by atoms with E-state index in [9.17, 15) is 9.59 Å². The Bertz CT molecular complexity index is 864. The summed E-state index contributed by atoms with van der Waals surface area (Å²) >= 11 is 0. The van der Waals surface area contributed by atoms with Crippen LogP contribution in [0.2, 0.25) is 0 Å². The Kier molecular flexibility index (Phi) is 2.16. The van der Waals surface area contributed by atoms with Crippen LogP contribution in [0.25, 0.3) is 21.8 Å². The van der Waals surface area contributed by atoms with Crippen LogP contribution in [0.15, 0.2) is 40.1 Å². The first kappa shape index (κ1) is 10.5. The molecule has 0 fully saturated rings. The van der Waals surface area contributed by atoms with Gasteiger partial charge in [0.2, 0.25) is 0 Å². The molecule has 0 atom stereocenters. The Morgan fingerprint density at radius 2 is 2.00 bits per heavy atom. The Morgan fingerprint density at radius 3 is 2.78 bits per heavy atom. The second-order valence-electron chi connectivity index (χ2n) is 3.77. The lowest BCUT2D eigenvalue weighted by atomic mass is 10.1. The highest BCUT2D eigenvalue weighted by atomic mass is 16.7. The molecule has 6 nitrogen and oxygen atoms in total. The van der Waals surface area contributed by atoms with E-state index in [0.717, 1.165) is 4.73 Å². The number of hydrogen-bond donors (Lipinski definition) is 1. The number of pyridine rings is 1. The van der Waals surface area contributed by atoms with Gasteiger partial charge in [-0.1, -0.05) is 18.2 Å². The summed E-state index contributed by atoms with van der Waals surface area (Å²) in [4.78, 5) is 34.8. The van der Waals surface area contributed by atoms with Gasteiger partial charge in [-0.05, 0) is 6.07 Å². The molecule has 0 aliphatic rings. The summed E-state index contributed by atoms with van der Waals surface area (Å²) in [6.45, 7) is 0. The zero-order valence-electron chi connectivity index (χ0n) is 9.51. The minimum absolute atomic E-state index is 0.315. The summed E-state index contributed by atoms with van der Waals surface area (Å²) in [5.41, 5.74) is 0.0468. The maximum atomic E-state index is 11.7. The molecule has 0 unspecified atom stereocenters. The van der Waals surface area contributed by atoms with Crippen molar-refractivity contribution in [3.05, 3.63) is 51.3 Å². The molecular formula is C12H9N3O3. The quantitative estimate of drug-likeness (QED) is 0.623. The molecule has 18 heavy (non-hydrogen) atoms. The molecular weight excluding hydrogens is 234 g/mol. The summed E-state index contributed by atoms with van der Waals surface area (Å²) in [7, 11) is 1.37. The third-order valence-electron chi connectivity index (χ3n) is 2.78. The molecule has 1 N–H and O–H groups in total. The second-order valence-corrected chi connectivity index (χ2v) is 3.77. The fourth-order valence-corrected chi connectivity index (χ4v) is 2.00. The lowest BCUT2D eigenvalue weighted by Gasteiger charge is -2.08. The molecule has 2 aromatic heterocycles. The Morgan fingerprint density at radius 1 is 1.22 bits per heavy atom. The van der Waals surface area contributed by atoms with Crippen molar-refractivity contribution >= 4 is 21.8 Å². The van der Waals surface area contributed by atoms with Crippen LogP contribution in [0.4, 0.5) is 0 Å². The van der Waals surface area contributed by atoms with Gasteiger partial charge in [-0.25, -0.2) is 4.79 Å². The van der Waals surface area contributed by atoms with Gasteiger partial charge in [0.1, 0.15) is 12.6 Å². The number of aromatic amines is 1. The summed E-state index contributed by atoms with van der Waals surface area (Å²) in [5.74, 6) is 0. The fraction of sp³-hybridized carbons (Fsp3) is 0.0833. The number of fused-ring (bicyclic) bond motifs is 3. The van der Waals surface area contributed by atoms with Crippen molar-refractivity contribution in [3.8, 4) is 0 Å². The predicted molar refractivity (Wildman–Crippen MR) is 66.6 cm³/mol. The van der Waals surface area contributed by atoms with Gasteiger partial charge in [-0.2, -0.15) is 0 Å². The van der Waals surface area contributed by atoms with Crippen LogP contribution in [-0.2, 0) is 0 Å². The average Bonchev–Trinajstić information content (AvgIpc) is 2.39. The van der Waals surface area contributed by atoms with Gasteiger partial charge in [-0.15, -0.1) is 4.73 Å². The van der Waals surface area contributed by atoms with E-state index >= 15 is 0 Å². The molecule has 3 aromatic rings. The molecule has 0 saturated carbocycles. The van der Waals surface area contributed by atoms with Crippen molar-refractivity contribution in [1.29, 1.82) is 0 Å². The first-order valence-electron chi connectivity index (χ1n) is 5.29. The largest absolute Gasteiger partial charge is 0.412 e. The van der Waals surface area contributed by atoms with Crippen LogP contribution in [0.1, 0.15) is 0 Å². The zero-order chi connectivity index (χ0) is 12.7. The molecule has 0 radical (unpaired) electrons. The maximum Gasteiger partial charge on any atom is 0.361 e. The highest BCUT2D eigenvalue weighted by Crippen LogP contribution is 2.19. The molecule has 2 heterocycles. The molecule has 3 rings (SSSR count). The number of benzene rings is 1. The smallest absolute Gasteiger partial charge is 0.361 e. The first-order valence-corrected chi connectivity index (χ1v) is 5.29. The van der Waals surface area contributed by atoms with E-state index in [1.165, 1.54) is 13.3 Å². The van der Waals surface area contributed by atoms with Gasteiger partial charge in [-0.3, -0.25) is 14.8 Å². The van der Waals surface area contributed by atoms with Gasteiger partial charge >= 0.3 is 5.69 Å². The highest BCUT2D eigenvalue weighted by molar-refractivity contribution is 6.02. The third-order valence-corrected chi connectivity index (χ3v) is 2.78. The van der Waals surface area contributed by atoms with Crippen molar-refractivity contribution < 1.29 is 4.84 Å². The Labute approximate surface area is 100 Å². The molecule has 0 saturated heterocycles. The van der Waals surface area contributed by atoms with Crippen LogP contribution in [0, 0.1) is 0 Å². The van der Waals surface area contributed by atoms with E-state index in [4.69, 9.17) is 4.84 Å². The summed E-state index contributed by atoms with van der Waals surface area (Å²) in [6.07, 6.45) is 1.44. The second kappa shape index (κ2) is 3.69. The van der Waals surface area contributed by atoms with Crippen LogP contribution in [0.3, 0.4) is 0 Å². The molecule has 0 amide bonds. The van der Waals surface area contributed by atoms with Gasteiger partial charge in [0.15, 0.2) is 0 Å². The lowest BCUT2D eigenvalue weighted by Crippen LogP contribution is -2.33. The number of aromatic nitrogens is 3. The van der Waals surface area contributed by atoms with Crippen molar-refractivity contribution in [2.75, 3.05) is 7.11 Å². The van der Waals surface area contributed by atoms with Gasteiger partial charge < -0.3 is 4.84 Å². The van der Waals surface area contributed by atoms with E-state index in [2.05, 4.69) is 9.97 Å². The predicted octanol–water partition coefficient (Wildman–Crippen LogP) is 0.296. The molecule has 1 aromatic carbocycles. The average molecular weight is 243 g/mol. The number of H-pyrrole nitrogens is 1. The van der Waals surface area contributed by atoms with Crippen molar-refractivity contribution in [1.82, 2.24) is 14.7 Å². The lowest BCUT2D eigenvalue weighted by molar-refractivity contribution is 0.165. The van der Waals surface area contributed by atoms with Crippen LogP contribution in [-0.4, -0.2) is 21.8 Å². The SMILES string of the molecule is COn1c(=O)[nH]c(=O)c2cnc3ccccc3c21. The maximum absolute atomic E-state index is 11.7. The summed E-state index contributed by atoms with van der Waals surface area (Å²) < 4.78 is 1.06. The molecule has 0 spiro atoms. The zero-order valence-corrected chi connectivity index (χ0v) is 9.51. The van der Waals surface area contributed by atoms with Crippen LogP contribution in [0.5, 0.6) is 0 Å². The number of hydrogen-bond acceptors (Lipinski definition) is 4. The monoisotopic (exact) mass is 243 g/mol. The summed E-state index contributed by atoms with van der Waals surface area (Å²) in [6, 6.07) is 7.25. The molecule has 90 valence electrons. The number of nitrogens with one attached hydrogen (secondary N) is 1. The normalized spacial score (nSPS) is 10.9. The molecule has 0 aliphatic carbocycles. The van der Waals surface area contributed by atoms with Gasteiger partial charge in [0.25, 0.3) is 5.56 Å². The van der Waals surface area contributed by atoms with E-state index < -0.39 is 11.2 Å². The fourth-order valence-electron chi connectivity index (χ4n) is 2.00. The highest BCUT2D eigenvalue weighted by Gasteiger charge is 2.11. The van der Waals surface area contributed by atoms with E-state index in [1.54, 1.807) is 12.1 Å². The van der Waals surface area contributed by atoms with E-state index in [0.29, 0.717) is 21.8 Å². The van der Waals surface area contributed by atoms with Crippen LogP contribution >= 0.6 is 0 Å². The summed E-state index contributed by atoms with van der Waals surface area (Å²) in [5, 5.41) is 1.01. The van der Waals surface area contributed by atoms with E-state index in [-0.39, 0.29) is 0 Å². The Hall–Kier alpha value is -2.63. The van der Waals surface area contributed by atoms with E-state index in [1.807, 2.05) is 12.1 Å². The van der Waals surface area contributed by atoms with Crippen molar-refractivity contribution in [2.24, 2.45) is 0 Å². The first-order chi connectivity index (χ1) is 8.72. The molecule has 0 aliphatic heterocycles. The molecule has 6 heteroatoms. The topological polar surface area (TPSA) is 77.0 Å². The number of nitrogens with zero attached hydrogens (tertiary/aromatic N) is 2. The minimum Gasteiger partial charge on any atom is -0.412 e. The van der Waals surface area contributed by atoms with Crippen LogP contribution < -0.4 is 16.1 Å². The van der Waals surface area contributed by atoms with Crippen molar-refractivity contribution in [3.63, 3.8) is 0 Å². The minimum atomic E-state index is -0.605. The standard InChI is InChI=1S/C12H9N3O3/c1-18-15-10-7-4-2-3-5-9(7)13-6-8(10)11(16)14-12(15)17/h2-6H,1H3,(H,14,16,17). The van der Waals surface area contributed by atoms with Gasteiger partial charge in [0.05, 0.1) is 10.9 Å². The third kappa shape index (κ3) is 1.32.